The van der Waals surface area contributed by atoms with Crippen LogP contribution in [0.4, 0.5) is 5.82 Å². The van der Waals surface area contributed by atoms with Crippen LogP contribution in [0.3, 0.4) is 0 Å². The zero-order chi connectivity index (χ0) is 11.5. The molecule has 1 aliphatic rings. The highest BCUT2D eigenvalue weighted by atomic mass is 15.2. The Balaban J connectivity index is 2.03. The first-order chi connectivity index (χ1) is 7.70. The van der Waals surface area contributed by atoms with Crippen molar-refractivity contribution >= 4 is 5.82 Å². The van der Waals surface area contributed by atoms with Crippen LogP contribution in [0, 0.1) is 18.8 Å². The topological polar surface area (TPSA) is 16.1 Å². The monoisotopic (exact) mass is 218 g/mol. The van der Waals surface area contributed by atoms with Gasteiger partial charge in [0.1, 0.15) is 5.82 Å². The second-order valence-corrected chi connectivity index (χ2v) is 5.07. The lowest BCUT2D eigenvalue weighted by Gasteiger charge is -2.20. The fraction of sp³-hybridized carbons (Fsp3) is 0.643. The molecule has 0 saturated carbocycles. The van der Waals surface area contributed by atoms with E-state index in [1.165, 1.54) is 31.5 Å². The minimum Gasteiger partial charge on any atom is -0.356 e. The van der Waals surface area contributed by atoms with E-state index >= 15 is 0 Å². The van der Waals surface area contributed by atoms with E-state index in [1.54, 1.807) is 0 Å². The molecule has 0 aliphatic carbocycles. The first-order valence-electron chi connectivity index (χ1n) is 6.38. The van der Waals surface area contributed by atoms with Crippen molar-refractivity contribution in [3.63, 3.8) is 0 Å². The zero-order valence-electron chi connectivity index (χ0n) is 10.6. The Bertz CT molecular complexity index is 348. The van der Waals surface area contributed by atoms with Gasteiger partial charge in [-0.25, -0.2) is 4.98 Å². The molecule has 1 saturated heterocycles. The van der Waals surface area contributed by atoms with Gasteiger partial charge in [0.05, 0.1) is 0 Å². The number of rotatable bonds is 3. The Morgan fingerprint density at radius 2 is 2.38 bits per heavy atom. The van der Waals surface area contributed by atoms with Crippen molar-refractivity contribution < 1.29 is 0 Å². The van der Waals surface area contributed by atoms with Gasteiger partial charge in [0.15, 0.2) is 0 Å². The molecule has 0 bridgehead atoms. The summed E-state index contributed by atoms with van der Waals surface area (Å²) in [6, 6.07) is 4.25. The van der Waals surface area contributed by atoms with E-state index in [0.29, 0.717) is 0 Å². The number of hydrogen-bond acceptors (Lipinski definition) is 2. The average Bonchev–Trinajstić information content (AvgIpc) is 2.77. The third-order valence-electron chi connectivity index (χ3n) is 3.90. The third kappa shape index (κ3) is 2.37. The first-order valence-corrected chi connectivity index (χ1v) is 6.38. The normalized spacial score (nSPS) is 22.4. The molecule has 0 N–H and O–H groups in total. The summed E-state index contributed by atoms with van der Waals surface area (Å²) in [5.41, 5.74) is 1.30. The molecule has 2 rings (SSSR count). The number of aryl methyl sites for hydroxylation is 1. The predicted molar refractivity (Wildman–Crippen MR) is 68.7 cm³/mol. The quantitative estimate of drug-likeness (QED) is 0.774. The Morgan fingerprint density at radius 3 is 3.06 bits per heavy atom. The molecule has 1 fully saturated rings. The van der Waals surface area contributed by atoms with Crippen LogP contribution >= 0.6 is 0 Å². The molecule has 0 radical (unpaired) electrons. The second-order valence-electron chi connectivity index (χ2n) is 5.07. The van der Waals surface area contributed by atoms with E-state index in [4.69, 9.17) is 0 Å². The van der Waals surface area contributed by atoms with E-state index in [1.807, 2.05) is 6.20 Å². The van der Waals surface area contributed by atoms with E-state index in [9.17, 15) is 0 Å². The van der Waals surface area contributed by atoms with Gasteiger partial charge in [-0.15, -0.1) is 0 Å². The van der Waals surface area contributed by atoms with Crippen LogP contribution in [-0.4, -0.2) is 18.1 Å². The Kier molecular flexibility index (Phi) is 3.47. The van der Waals surface area contributed by atoms with Gasteiger partial charge in [-0.2, -0.15) is 0 Å². The molecule has 2 atom stereocenters. The number of anilines is 1. The van der Waals surface area contributed by atoms with E-state index < -0.39 is 0 Å². The van der Waals surface area contributed by atoms with Crippen LogP contribution in [0.15, 0.2) is 18.3 Å². The lowest BCUT2D eigenvalue weighted by atomic mass is 9.91. The van der Waals surface area contributed by atoms with Crippen LogP contribution in [0.5, 0.6) is 0 Å². The second kappa shape index (κ2) is 4.86. The Morgan fingerprint density at radius 1 is 1.56 bits per heavy atom. The van der Waals surface area contributed by atoms with Crippen LogP contribution in [-0.2, 0) is 0 Å². The van der Waals surface area contributed by atoms with Crippen molar-refractivity contribution in [1.29, 1.82) is 0 Å². The van der Waals surface area contributed by atoms with Gasteiger partial charge < -0.3 is 4.90 Å². The zero-order valence-corrected chi connectivity index (χ0v) is 10.6. The van der Waals surface area contributed by atoms with Gasteiger partial charge in [-0.1, -0.05) is 20.3 Å². The highest BCUT2D eigenvalue weighted by molar-refractivity contribution is 5.41. The molecule has 2 unspecified atom stereocenters. The smallest absolute Gasteiger partial charge is 0.128 e. The Labute approximate surface area is 98.7 Å². The number of nitrogens with zero attached hydrogens (tertiary/aromatic N) is 2. The van der Waals surface area contributed by atoms with Gasteiger partial charge in [0.2, 0.25) is 0 Å². The van der Waals surface area contributed by atoms with Gasteiger partial charge >= 0.3 is 0 Å². The highest BCUT2D eigenvalue weighted by Crippen LogP contribution is 2.28. The highest BCUT2D eigenvalue weighted by Gasteiger charge is 2.26. The molecular weight excluding hydrogens is 196 g/mol. The summed E-state index contributed by atoms with van der Waals surface area (Å²) in [4.78, 5) is 6.90. The van der Waals surface area contributed by atoms with Gasteiger partial charge in [0, 0.05) is 19.3 Å². The predicted octanol–water partition coefficient (Wildman–Crippen LogP) is 3.26. The molecule has 2 nitrogen and oxygen atoms in total. The summed E-state index contributed by atoms with van der Waals surface area (Å²) < 4.78 is 0. The van der Waals surface area contributed by atoms with Crippen molar-refractivity contribution in [3.05, 3.63) is 23.9 Å². The maximum atomic E-state index is 4.47. The summed E-state index contributed by atoms with van der Waals surface area (Å²) in [6.45, 7) is 9.15. The summed E-state index contributed by atoms with van der Waals surface area (Å²) in [7, 11) is 0. The van der Waals surface area contributed by atoms with Crippen molar-refractivity contribution in [2.75, 3.05) is 18.0 Å². The molecule has 0 amide bonds. The lowest BCUT2D eigenvalue weighted by Crippen LogP contribution is -2.22. The Hall–Kier alpha value is -1.05. The largest absolute Gasteiger partial charge is 0.356 e. The van der Waals surface area contributed by atoms with Crippen LogP contribution in [0.1, 0.15) is 32.3 Å². The summed E-state index contributed by atoms with van der Waals surface area (Å²) in [5.74, 6) is 2.85. The van der Waals surface area contributed by atoms with Crippen molar-refractivity contribution in [2.45, 2.75) is 33.6 Å². The summed E-state index contributed by atoms with van der Waals surface area (Å²) >= 11 is 0. The minimum absolute atomic E-state index is 0.842. The third-order valence-corrected chi connectivity index (χ3v) is 3.90. The minimum atomic E-state index is 0.842. The maximum Gasteiger partial charge on any atom is 0.128 e. The number of hydrogen-bond donors (Lipinski definition) is 0. The molecular formula is C14H22N2. The van der Waals surface area contributed by atoms with Gasteiger partial charge in [0.25, 0.3) is 0 Å². The molecule has 0 aromatic carbocycles. The summed E-state index contributed by atoms with van der Waals surface area (Å²) in [5, 5.41) is 0. The van der Waals surface area contributed by atoms with Gasteiger partial charge in [-0.05, 0) is 42.9 Å². The van der Waals surface area contributed by atoms with Crippen molar-refractivity contribution in [1.82, 2.24) is 4.98 Å². The molecule has 0 spiro atoms. The molecule has 2 heteroatoms. The molecule has 1 aromatic rings. The fourth-order valence-electron chi connectivity index (χ4n) is 2.49. The van der Waals surface area contributed by atoms with Crippen LogP contribution in [0.25, 0.3) is 0 Å². The standard InChI is InChI=1S/C14H22N2/c1-4-12(3)13-6-8-16(10-13)14-9-11(2)5-7-15-14/h5,7,9,12-13H,4,6,8,10H2,1-3H3. The van der Waals surface area contributed by atoms with E-state index in [2.05, 4.69) is 42.8 Å². The van der Waals surface area contributed by atoms with Crippen molar-refractivity contribution in [2.24, 2.45) is 11.8 Å². The maximum absolute atomic E-state index is 4.47. The van der Waals surface area contributed by atoms with Crippen LogP contribution in [0.2, 0.25) is 0 Å². The molecule has 1 aliphatic heterocycles. The van der Waals surface area contributed by atoms with Crippen LogP contribution < -0.4 is 4.90 Å². The lowest BCUT2D eigenvalue weighted by molar-refractivity contribution is 0.379. The fourth-order valence-corrected chi connectivity index (χ4v) is 2.49. The number of pyridine rings is 1. The molecule has 16 heavy (non-hydrogen) atoms. The molecule has 2 heterocycles. The van der Waals surface area contributed by atoms with Crippen molar-refractivity contribution in [3.8, 4) is 0 Å². The first kappa shape index (κ1) is 11.4. The summed E-state index contributed by atoms with van der Waals surface area (Å²) in [6.07, 6.45) is 4.53. The van der Waals surface area contributed by atoms with E-state index in [-0.39, 0.29) is 0 Å². The number of aromatic nitrogens is 1. The molecule has 1 aromatic heterocycles. The van der Waals surface area contributed by atoms with E-state index in [0.717, 1.165) is 17.7 Å². The SMILES string of the molecule is CCC(C)C1CCN(c2cc(C)ccn2)C1. The van der Waals surface area contributed by atoms with Gasteiger partial charge in [-0.3, -0.25) is 0 Å². The average molecular weight is 218 g/mol. The molecule has 88 valence electrons.